The second kappa shape index (κ2) is 15.9. The van der Waals surface area contributed by atoms with E-state index in [1.165, 1.54) is 16.5 Å². The predicted octanol–water partition coefficient (Wildman–Crippen LogP) is 5.93. The molecule has 2 fully saturated rings. The summed E-state index contributed by atoms with van der Waals surface area (Å²) in [7, 11) is 2.07. The molecule has 6 heterocycles. The molecule has 4 aromatic heterocycles. The van der Waals surface area contributed by atoms with Crippen LogP contribution in [0.25, 0.3) is 37.8 Å². The molecule has 14 heteroatoms. The Morgan fingerprint density at radius 1 is 0.898 bits per heavy atom. The standard InChI is InChI=1S/C45H37N7O7/c1-46-37-20-30(4-3-15-56-16-17-57-31-7-9-34-29(18-31)26-52(45(34)55)39-10-11-42(53)50-44(39)54)48-25-41(37)58-32-21-33(22-32)59-43-12-6-28(23-49-43)27-5-8-35-36-24-47-14-13-38(36)51(2)40(35)19-27/h5-9,12-14,18-20,23-25,32-33,39H,10-11,15-17,21-22,26H2,2H3,(H,50,53,54). The van der Waals surface area contributed by atoms with Gasteiger partial charge in [0.2, 0.25) is 23.4 Å². The zero-order valence-electron chi connectivity index (χ0n) is 32.0. The molecule has 1 unspecified atom stereocenters. The van der Waals surface area contributed by atoms with Gasteiger partial charge in [0.15, 0.2) is 0 Å². The van der Waals surface area contributed by atoms with Crippen molar-refractivity contribution in [2.75, 3.05) is 19.8 Å². The van der Waals surface area contributed by atoms with E-state index in [2.05, 4.69) is 66.8 Å². The number of hydrogen-bond donors (Lipinski definition) is 1. The van der Waals surface area contributed by atoms with Gasteiger partial charge in [-0.25, -0.2) is 14.8 Å². The van der Waals surface area contributed by atoms with Crippen molar-refractivity contribution in [1.29, 1.82) is 0 Å². The van der Waals surface area contributed by atoms with Gasteiger partial charge >= 0.3 is 0 Å². The number of pyridine rings is 3. The highest BCUT2D eigenvalue weighted by molar-refractivity contribution is 6.08. The maximum absolute atomic E-state index is 12.9. The molecular formula is C45H37N7O7. The molecule has 294 valence electrons. The van der Waals surface area contributed by atoms with Crippen LogP contribution in [0, 0.1) is 18.4 Å². The quantitative estimate of drug-likeness (QED) is 0.0724. The fraction of sp³-hybridized carbons (Fsp3) is 0.267. The Balaban J connectivity index is 0.704. The summed E-state index contributed by atoms with van der Waals surface area (Å²) in [6, 6.07) is 18.5. The first-order valence-electron chi connectivity index (χ1n) is 19.3. The van der Waals surface area contributed by atoms with Crippen molar-refractivity contribution in [2.45, 2.75) is 50.5 Å². The Morgan fingerprint density at radius 3 is 2.59 bits per heavy atom. The highest BCUT2D eigenvalue weighted by Crippen LogP contribution is 2.36. The minimum atomic E-state index is -0.666. The van der Waals surface area contributed by atoms with Gasteiger partial charge in [0.1, 0.15) is 48.7 Å². The molecule has 2 aromatic carbocycles. The van der Waals surface area contributed by atoms with Gasteiger partial charge in [-0.05, 0) is 65.9 Å². The summed E-state index contributed by atoms with van der Waals surface area (Å²) >= 11 is 0. The van der Waals surface area contributed by atoms with Crippen LogP contribution < -0.4 is 19.5 Å². The molecule has 0 bridgehead atoms. The van der Waals surface area contributed by atoms with Crippen LogP contribution in [-0.4, -0.2) is 80.2 Å². The summed E-state index contributed by atoms with van der Waals surface area (Å²) in [5, 5.41) is 4.61. The normalized spacial score (nSPS) is 18.4. The number of rotatable bonds is 11. The highest BCUT2D eigenvalue weighted by atomic mass is 16.5. The van der Waals surface area contributed by atoms with E-state index in [-0.39, 0.29) is 56.8 Å². The number of carbonyl (C=O) groups excluding carboxylic acids is 3. The SMILES string of the molecule is [C-]#[N+]c1cc(C#CCOCCOc2ccc3c(c2)CN(C2CCC(=O)NC2=O)C3=O)ncc1OC1CC(Oc2ccc(-c3ccc4c5cnccc5n(C)c4c3)cn2)C1. The number of amides is 3. The molecule has 1 saturated carbocycles. The molecule has 3 amide bonds. The van der Waals surface area contributed by atoms with E-state index >= 15 is 0 Å². The molecule has 1 aliphatic carbocycles. The van der Waals surface area contributed by atoms with Crippen LogP contribution in [0.5, 0.6) is 17.4 Å². The van der Waals surface area contributed by atoms with Crippen LogP contribution in [0.1, 0.15) is 47.3 Å². The van der Waals surface area contributed by atoms with Gasteiger partial charge in [-0.1, -0.05) is 18.1 Å². The van der Waals surface area contributed by atoms with Gasteiger partial charge in [0, 0.05) is 84.9 Å². The maximum Gasteiger partial charge on any atom is 0.255 e. The number of nitrogens with one attached hydrogen (secondary N) is 1. The third-order valence-corrected chi connectivity index (χ3v) is 10.9. The number of aryl methyl sites for hydroxylation is 1. The molecular weight excluding hydrogens is 751 g/mol. The number of ether oxygens (including phenoxy) is 4. The molecule has 3 aliphatic rings. The van der Waals surface area contributed by atoms with E-state index in [0.717, 1.165) is 33.1 Å². The fourth-order valence-electron chi connectivity index (χ4n) is 7.70. The predicted molar refractivity (Wildman–Crippen MR) is 216 cm³/mol. The lowest BCUT2D eigenvalue weighted by atomic mass is 9.92. The average molecular weight is 788 g/mol. The summed E-state index contributed by atoms with van der Waals surface area (Å²) in [5.41, 5.74) is 6.39. The molecule has 9 rings (SSSR count). The zero-order valence-corrected chi connectivity index (χ0v) is 32.0. The monoisotopic (exact) mass is 787 g/mol. The van der Waals surface area contributed by atoms with Crippen LogP contribution in [-0.2, 0) is 27.9 Å². The Kier molecular flexibility index (Phi) is 10.1. The number of hydrogen-bond acceptors (Lipinski definition) is 10. The van der Waals surface area contributed by atoms with Crippen molar-refractivity contribution < 1.29 is 33.3 Å². The zero-order chi connectivity index (χ0) is 40.5. The summed E-state index contributed by atoms with van der Waals surface area (Å²) in [6.07, 6.45) is 8.75. The molecule has 1 N–H and O–H groups in total. The molecule has 0 spiro atoms. The fourth-order valence-corrected chi connectivity index (χ4v) is 7.70. The average Bonchev–Trinajstić information content (AvgIpc) is 3.72. The summed E-state index contributed by atoms with van der Waals surface area (Å²) < 4.78 is 25.8. The lowest BCUT2D eigenvalue weighted by Gasteiger charge is -2.35. The smallest absolute Gasteiger partial charge is 0.255 e. The van der Waals surface area contributed by atoms with E-state index in [1.54, 1.807) is 24.3 Å². The topological polar surface area (TPSA) is 151 Å². The molecule has 2 aliphatic heterocycles. The largest absolute Gasteiger partial charge is 0.500 e. The first-order chi connectivity index (χ1) is 28.8. The number of imide groups is 1. The van der Waals surface area contributed by atoms with E-state index in [0.29, 0.717) is 53.6 Å². The Labute approximate surface area is 338 Å². The second-order valence-corrected chi connectivity index (χ2v) is 14.6. The molecule has 0 radical (unpaired) electrons. The number of carbonyl (C=O) groups is 3. The van der Waals surface area contributed by atoms with Gasteiger partial charge in [0.25, 0.3) is 5.91 Å². The number of piperidine rings is 1. The van der Waals surface area contributed by atoms with Gasteiger partial charge < -0.3 is 28.4 Å². The third kappa shape index (κ3) is 7.61. The first-order valence-corrected chi connectivity index (χ1v) is 19.3. The number of nitrogens with zero attached hydrogens (tertiary/aromatic N) is 6. The van der Waals surface area contributed by atoms with Crippen LogP contribution in [0.3, 0.4) is 0 Å². The van der Waals surface area contributed by atoms with E-state index < -0.39 is 11.9 Å². The lowest BCUT2D eigenvalue weighted by Crippen LogP contribution is -2.52. The molecule has 14 nitrogen and oxygen atoms in total. The van der Waals surface area contributed by atoms with Gasteiger partial charge in [0.05, 0.1) is 24.9 Å². The van der Waals surface area contributed by atoms with E-state index in [9.17, 15) is 14.4 Å². The summed E-state index contributed by atoms with van der Waals surface area (Å²) in [6.45, 7) is 8.62. The van der Waals surface area contributed by atoms with E-state index in [1.807, 2.05) is 36.8 Å². The first kappa shape index (κ1) is 37.3. The Morgan fingerprint density at radius 2 is 1.76 bits per heavy atom. The molecule has 59 heavy (non-hydrogen) atoms. The van der Waals surface area contributed by atoms with Gasteiger partial charge in [-0.15, -0.1) is 0 Å². The summed E-state index contributed by atoms with van der Waals surface area (Å²) in [5.74, 6) is 6.38. The van der Waals surface area contributed by atoms with Crippen LogP contribution in [0.15, 0.2) is 85.5 Å². The van der Waals surface area contributed by atoms with Crippen molar-refractivity contribution in [3.05, 3.63) is 114 Å². The Bertz CT molecular complexity index is 2740. The van der Waals surface area contributed by atoms with Crippen LogP contribution in [0.2, 0.25) is 0 Å². The van der Waals surface area contributed by atoms with Crippen LogP contribution in [0.4, 0.5) is 5.69 Å². The number of aromatic nitrogens is 4. The van der Waals surface area contributed by atoms with Crippen molar-refractivity contribution in [3.63, 3.8) is 0 Å². The number of benzene rings is 2. The van der Waals surface area contributed by atoms with Crippen LogP contribution >= 0.6 is 0 Å². The van der Waals surface area contributed by atoms with Crippen molar-refractivity contribution in [1.82, 2.24) is 29.7 Å². The summed E-state index contributed by atoms with van der Waals surface area (Å²) in [4.78, 5) is 55.1. The molecule has 6 aromatic rings. The Hall–Kier alpha value is -7.29. The second-order valence-electron chi connectivity index (χ2n) is 14.6. The van der Waals surface area contributed by atoms with E-state index in [4.69, 9.17) is 25.5 Å². The molecule has 1 saturated heterocycles. The van der Waals surface area contributed by atoms with Crippen molar-refractivity contribution in [2.24, 2.45) is 7.05 Å². The van der Waals surface area contributed by atoms with Gasteiger partial charge in [-0.3, -0.25) is 24.7 Å². The minimum absolute atomic E-state index is 0.0455. The maximum atomic E-state index is 12.9. The van der Waals surface area contributed by atoms with Crippen molar-refractivity contribution >= 4 is 45.2 Å². The van der Waals surface area contributed by atoms with Crippen molar-refractivity contribution in [3.8, 4) is 40.3 Å². The molecule has 1 atom stereocenters. The minimum Gasteiger partial charge on any atom is -0.500 e. The van der Waals surface area contributed by atoms with Gasteiger partial charge in [-0.2, -0.15) is 0 Å². The third-order valence-electron chi connectivity index (χ3n) is 10.9. The highest BCUT2D eigenvalue weighted by Gasteiger charge is 2.39. The number of fused-ring (bicyclic) bond motifs is 4. The lowest BCUT2D eigenvalue weighted by molar-refractivity contribution is -0.136.